The van der Waals surface area contributed by atoms with Gasteiger partial charge >= 0.3 is 0 Å². The number of aromatic amines is 1. The Hall–Kier alpha value is -7.85. The van der Waals surface area contributed by atoms with E-state index >= 15 is 0 Å². The van der Waals surface area contributed by atoms with Gasteiger partial charge in [-0.3, -0.25) is 29.7 Å². The number of amides is 1. The molecule has 15 nitrogen and oxygen atoms in total. The molecule has 0 atom stereocenters. The number of pyridine rings is 3. The highest BCUT2D eigenvalue weighted by Crippen LogP contribution is 2.22. The molecule has 8 aromatic heterocycles. The van der Waals surface area contributed by atoms with Crippen molar-refractivity contribution < 1.29 is 4.79 Å². The number of aromatic nitrogens is 13. The fourth-order valence-corrected chi connectivity index (χ4v) is 7.74. The number of nitrogens with one attached hydrogen (secondary N) is 1. The van der Waals surface area contributed by atoms with E-state index < -0.39 is 0 Å². The summed E-state index contributed by atoms with van der Waals surface area (Å²) in [6.45, 7) is 42.8. The van der Waals surface area contributed by atoms with E-state index in [4.69, 9.17) is 0 Å². The molecule has 1 amide bonds. The number of hydrogen-bond donors (Lipinski definition) is 1. The van der Waals surface area contributed by atoms with Crippen LogP contribution in [-0.2, 0) is 6.54 Å². The van der Waals surface area contributed by atoms with Crippen molar-refractivity contribution in [2.75, 3.05) is 0 Å². The van der Waals surface area contributed by atoms with Gasteiger partial charge in [0.15, 0.2) is 5.82 Å². The van der Waals surface area contributed by atoms with Crippen molar-refractivity contribution in [3.05, 3.63) is 226 Å². The molecular weight excluding hydrogens is 1070 g/mol. The standard InChI is InChI=1S/C10H12N2O.C9H12.2C8H11N.C7H12N2.2C7H10N2.C7H11NS.C6H9N3/c1-7(2)12-6-9-8(10(12)13)4-3-5-11-9;1-8(2)9-6-4-3-5-7-9;1-7(2)8-4-3-5-9-6-8;1-7(2)8-5-3-4-6-9-8;1-5(2)7-4-8-6(3)9-7;1-6(2)7-5-8-3-4-9-7;1-6(2)7-4-3-5-8-9-7;1-5(2)7-4-9-6(3)8-7;1-5(2)6-7-3-4-8-9-6/h3-5,7H,6H2,1-2H3;3-8H,1-2H3;2*3-7H,1-2H3;4-5H,1-3H3,(H,8,9);2*3-6H,1-2H3;4-5H,1-3H3;3-5H,1-2H3. The molecule has 0 unspecified atom stereocenters. The number of thiazole rings is 1. The molecule has 9 heterocycles. The van der Waals surface area contributed by atoms with E-state index in [0.29, 0.717) is 53.9 Å². The van der Waals surface area contributed by atoms with E-state index in [1.54, 1.807) is 67.0 Å². The lowest BCUT2D eigenvalue weighted by molar-refractivity contribution is 0.0730. The Morgan fingerprint density at radius 2 is 1.01 bits per heavy atom. The molecule has 0 bridgehead atoms. The zero-order valence-electron chi connectivity index (χ0n) is 54.5. The molecule has 0 radical (unpaired) electrons. The summed E-state index contributed by atoms with van der Waals surface area (Å²) in [5.74, 6) is 6.20. The number of hydrogen-bond acceptors (Lipinski definition) is 14. The smallest absolute Gasteiger partial charge is 0.256 e. The molecule has 0 fully saturated rings. The summed E-state index contributed by atoms with van der Waals surface area (Å²) >= 11 is 1.72. The van der Waals surface area contributed by atoms with Crippen LogP contribution in [0.25, 0.3) is 0 Å². The van der Waals surface area contributed by atoms with Crippen molar-refractivity contribution in [3.8, 4) is 0 Å². The number of carbonyl (C=O) groups excluding carboxylic acids is 1. The summed E-state index contributed by atoms with van der Waals surface area (Å²) in [6, 6.07) is 28.4. The van der Waals surface area contributed by atoms with Gasteiger partial charge in [0.1, 0.15) is 5.82 Å². The third kappa shape index (κ3) is 30.5. The first-order chi connectivity index (χ1) is 40.4. The van der Waals surface area contributed by atoms with Gasteiger partial charge in [0, 0.05) is 90.7 Å². The average molecular weight is 1170 g/mol. The highest BCUT2D eigenvalue weighted by Gasteiger charge is 2.29. The zero-order valence-corrected chi connectivity index (χ0v) is 55.4. The van der Waals surface area contributed by atoms with Gasteiger partial charge in [-0.1, -0.05) is 153 Å². The number of nitrogens with zero attached hydrogens (tertiary/aromatic N) is 13. The second-order valence-electron chi connectivity index (χ2n) is 22.7. The van der Waals surface area contributed by atoms with Crippen LogP contribution < -0.4 is 0 Å². The number of fused-ring (bicyclic) bond motifs is 1. The SMILES string of the molecule is CC(C)N1Cc2ncccc2C1=O.CC(C)c1ccccc1.CC(C)c1ccccn1.CC(C)c1cccnc1.CC(C)c1cccnn1.CC(C)c1cnccn1.CC(C)c1nccnn1.Cc1nc(C(C)C)cs1.Cc1ncc(C(C)C)[nH]1. The maximum atomic E-state index is 11.7. The normalized spacial score (nSPS) is 11.0. The zero-order chi connectivity index (χ0) is 63.3. The van der Waals surface area contributed by atoms with E-state index in [1.165, 1.54) is 27.5 Å². The number of H-pyrrole nitrogens is 1. The Morgan fingerprint density at radius 3 is 1.36 bits per heavy atom. The van der Waals surface area contributed by atoms with E-state index in [0.717, 1.165) is 40.0 Å². The van der Waals surface area contributed by atoms with Crippen molar-refractivity contribution >= 4 is 17.2 Å². The molecule has 456 valence electrons. The van der Waals surface area contributed by atoms with Gasteiger partial charge in [-0.25, -0.2) is 15.0 Å². The number of aryl methyl sites for hydroxylation is 2. The Bertz CT molecular complexity index is 2680. The highest BCUT2D eigenvalue weighted by atomic mass is 32.1. The van der Waals surface area contributed by atoms with E-state index in [-0.39, 0.29) is 11.9 Å². The van der Waals surface area contributed by atoms with Crippen molar-refractivity contribution in [2.24, 2.45) is 0 Å². The summed E-state index contributed by atoms with van der Waals surface area (Å²) in [6.07, 6.45) is 19.3. The molecule has 0 spiro atoms. The summed E-state index contributed by atoms with van der Waals surface area (Å²) in [5, 5.41) is 18.5. The molecule has 10 rings (SSSR count). The number of carbonyl (C=O) groups is 1. The predicted molar refractivity (Wildman–Crippen MR) is 351 cm³/mol. The van der Waals surface area contributed by atoms with Gasteiger partial charge < -0.3 is 9.88 Å². The van der Waals surface area contributed by atoms with Gasteiger partial charge in [-0.2, -0.15) is 15.3 Å². The Morgan fingerprint density at radius 1 is 0.447 bits per heavy atom. The van der Waals surface area contributed by atoms with E-state index in [2.05, 4.69) is 198 Å². The molecule has 0 saturated heterocycles. The minimum Gasteiger partial charge on any atom is -0.346 e. The lowest BCUT2D eigenvalue weighted by Gasteiger charge is -2.19. The lowest BCUT2D eigenvalue weighted by Crippen LogP contribution is -2.30. The summed E-state index contributed by atoms with van der Waals surface area (Å²) in [7, 11) is 0. The Kier molecular flexibility index (Phi) is 35.5. The first-order valence-corrected chi connectivity index (χ1v) is 30.5. The average Bonchev–Trinajstić information content (AvgIpc) is 4.44. The molecule has 9 aromatic rings. The summed E-state index contributed by atoms with van der Waals surface area (Å²) < 4.78 is 0. The molecule has 1 aliphatic heterocycles. The fraction of sp³-hybridized carbons (Fsp3) is 0.435. The van der Waals surface area contributed by atoms with Crippen molar-refractivity contribution in [3.63, 3.8) is 0 Å². The quantitative estimate of drug-likeness (QED) is 0.144. The third-order valence-corrected chi connectivity index (χ3v) is 13.2. The van der Waals surface area contributed by atoms with E-state index in [1.807, 2.05) is 114 Å². The number of benzene rings is 1. The maximum absolute atomic E-state index is 11.7. The first kappa shape index (κ1) is 73.3. The number of imidazole rings is 1. The van der Waals surface area contributed by atoms with Crippen molar-refractivity contribution in [1.29, 1.82) is 0 Å². The summed E-state index contributed by atoms with van der Waals surface area (Å²) in [4.78, 5) is 49.6. The van der Waals surface area contributed by atoms with Gasteiger partial charge in [0.25, 0.3) is 5.91 Å². The molecule has 16 heteroatoms. The largest absolute Gasteiger partial charge is 0.346 e. The monoisotopic (exact) mass is 1170 g/mol. The molecule has 1 N–H and O–H groups in total. The Balaban J connectivity index is 0.000000327. The van der Waals surface area contributed by atoms with Gasteiger partial charge in [-0.05, 0) is 123 Å². The van der Waals surface area contributed by atoms with Crippen LogP contribution in [0, 0.1) is 13.8 Å². The van der Waals surface area contributed by atoms with E-state index in [9.17, 15) is 4.79 Å². The Labute approximate surface area is 514 Å². The molecule has 85 heavy (non-hydrogen) atoms. The van der Waals surface area contributed by atoms with Crippen LogP contribution in [-0.4, -0.2) is 82.1 Å². The molecule has 1 aliphatic rings. The maximum Gasteiger partial charge on any atom is 0.256 e. The van der Waals surface area contributed by atoms with Crippen LogP contribution in [0.2, 0.25) is 0 Å². The van der Waals surface area contributed by atoms with Crippen molar-refractivity contribution in [1.82, 2.24) is 70.2 Å². The predicted octanol–water partition coefficient (Wildman–Crippen LogP) is 17.3. The summed E-state index contributed by atoms with van der Waals surface area (Å²) in [5.41, 5.74) is 10.1. The molecule has 1 aromatic carbocycles. The fourth-order valence-electron chi connectivity index (χ4n) is 6.97. The second-order valence-corrected chi connectivity index (χ2v) is 23.8. The van der Waals surface area contributed by atoms with Crippen LogP contribution in [0.15, 0.2) is 158 Å². The van der Waals surface area contributed by atoms with Gasteiger partial charge in [0.05, 0.1) is 46.1 Å². The number of rotatable bonds is 9. The van der Waals surface area contributed by atoms with Crippen molar-refractivity contribution in [2.45, 2.75) is 198 Å². The minimum atomic E-state index is 0.109. The second kappa shape index (κ2) is 41.2. The third-order valence-electron chi connectivity index (χ3n) is 12.4. The van der Waals surface area contributed by atoms with Crippen LogP contribution in [0.4, 0.5) is 0 Å². The van der Waals surface area contributed by atoms with Crippen LogP contribution >= 0.6 is 11.3 Å². The first-order valence-electron chi connectivity index (χ1n) is 29.6. The molecular formula is C69H98N14OS. The molecule has 0 aliphatic carbocycles. The van der Waals surface area contributed by atoms with Gasteiger partial charge in [-0.15, -0.1) is 16.4 Å². The molecule has 0 saturated carbocycles. The highest BCUT2D eigenvalue weighted by molar-refractivity contribution is 7.09. The van der Waals surface area contributed by atoms with Crippen LogP contribution in [0.3, 0.4) is 0 Å². The van der Waals surface area contributed by atoms with Gasteiger partial charge in [0.2, 0.25) is 0 Å². The van der Waals surface area contributed by atoms with Crippen LogP contribution in [0.5, 0.6) is 0 Å². The lowest BCUT2D eigenvalue weighted by atomic mass is 10.0. The van der Waals surface area contributed by atoms with Crippen LogP contribution in [0.1, 0.15) is 244 Å². The minimum absolute atomic E-state index is 0.109. The topological polar surface area (TPSA) is 191 Å².